The largest absolute Gasteiger partial charge is 0.465 e. The molecular formula is C21H21N3O4. The van der Waals surface area contributed by atoms with E-state index >= 15 is 0 Å². The number of nitrogens with zero attached hydrogens (tertiary/aromatic N) is 1. The predicted molar refractivity (Wildman–Crippen MR) is 105 cm³/mol. The van der Waals surface area contributed by atoms with E-state index in [1.165, 1.54) is 7.11 Å². The van der Waals surface area contributed by atoms with Crippen molar-refractivity contribution in [3.05, 3.63) is 59.2 Å². The van der Waals surface area contributed by atoms with Crippen LogP contribution in [0.2, 0.25) is 0 Å². The number of hydrogen-bond donors (Lipinski definition) is 2. The first-order valence-electron chi connectivity index (χ1n) is 9.24. The SMILES string of the molecule is COC(=O)c1ccccc1NC(=O)c1ccc2c(c1)N1CCCNCC1C2=O. The second-order valence-corrected chi connectivity index (χ2v) is 6.85. The van der Waals surface area contributed by atoms with E-state index in [-0.39, 0.29) is 23.3 Å². The Morgan fingerprint density at radius 3 is 2.86 bits per heavy atom. The molecule has 1 saturated heterocycles. The molecule has 1 amide bonds. The molecule has 4 rings (SSSR count). The Bertz CT molecular complexity index is 956. The zero-order valence-electron chi connectivity index (χ0n) is 15.5. The fourth-order valence-corrected chi connectivity index (χ4v) is 3.77. The summed E-state index contributed by atoms with van der Waals surface area (Å²) < 4.78 is 4.77. The third kappa shape index (κ3) is 3.14. The van der Waals surface area contributed by atoms with Crippen molar-refractivity contribution >= 4 is 29.0 Å². The molecule has 7 nitrogen and oxygen atoms in total. The maximum absolute atomic E-state index is 12.8. The molecule has 2 aliphatic rings. The number of rotatable bonds is 3. The molecule has 2 aromatic rings. The van der Waals surface area contributed by atoms with Crippen LogP contribution in [0.25, 0.3) is 0 Å². The molecule has 144 valence electrons. The van der Waals surface area contributed by atoms with Gasteiger partial charge in [0.25, 0.3) is 5.91 Å². The van der Waals surface area contributed by atoms with Crippen molar-refractivity contribution in [3.8, 4) is 0 Å². The van der Waals surface area contributed by atoms with E-state index in [4.69, 9.17) is 4.74 Å². The molecular weight excluding hydrogens is 358 g/mol. The molecule has 28 heavy (non-hydrogen) atoms. The van der Waals surface area contributed by atoms with E-state index in [9.17, 15) is 14.4 Å². The van der Waals surface area contributed by atoms with Gasteiger partial charge >= 0.3 is 5.97 Å². The van der Waals surface area contributed by atoms with Gasteiger partial charge in [-0.25, -0.2) is 4.79 Å². The monoisotopic (exact) mass is 379 g/mol. The number of hydrogen-bond acceptors (Lipinski definition) is 6. The first-order chi connectivity index (χ1) is 13.6. The van der Waals surface area contributed by atoms with Crippen LogP contribution in [0.4, 0.5) is 11.4 Å². The van der Waals surface area contributed by atoms with Gasteiger partial charge in [-0.05, 0) is 43.3 Å². The van der Waals surface area contributed by atoms with Crippen LogP contribution in [-0.4, -0.2) is 50.4 Å². The van der Waals surface area contributed by atoms with E-state index in [0.29, 0.717) is 23.4 Å². The molecule has 2 N–H and O–H groups in total. The highest BCUT2D eigenvalue weighted by atomic mass is 16.5. The first-order valence-corrected chi connectivity index (χ1v) is 9.24. The minimum absolute atomic E-state index is 0.0902. The van der Waals surface area contributed by atoms with Crippen molar-refractivity contribution in [3.63, 3.8) is 0 Å². The minimum atomic E-state index is -0.518. The highest BCUT2D eigenvalue weighted by Crippen LogP contribution is 2.34. The van der Waals surface area contributed by atoms with Gasteiger partial charge < -0.3 is 20.3 Å². The van der Waals surface area contributed by atoms with Gasteiger partial charge in [0.05, 0.1) is 18.4 Å². The minimum Gasteiger partial charge on any atom is -0.465 e. The van der Waals surface area contributed by atoms with Crippen LogP contribution in [0.1, 0.15) is 37.5 Å². The van der Waals surface area contributed by atoms with Gasteiger partial charge in [-0.1, -0.05) is 12.1 Å². The lowest BCUT2D eigenvalue weighted by molar-refractivity contribution is 0.0601. The number of fused-ring (bicyclic) bond motifs is 3. The number of para-hydroxylation sites is 1. The number of amides is 1. The fraction of sp³-hybridized carbons (Fsp3) is 0.286. The molecule has 0 radical (unpaired) electrons. The summed E-state index contributed by atoms with van der Waals surface area (Å²) in [6.07, 6.45) is 0.937. The zero-order chi connectivity index (χ0) is 19.7. The highest BCUT2D eigenvalue weighted by Gasteiger charge is 2.37. The number of carbonyl (C=O) groups is 3. The number of ketones is 1. The predicted octanol–water partition coefficient (Wildman–Crippen LogP) is 2.09. The van der Waals surface area contributed by atoms with Crippen molar-refractivity contribution in [1.29, 1.82) is 0 Å². The average molecular weight is 379 g/mol. The van der Waals surface area contributed by atoms with Crippen molar-refractivity contribution in [2.24, 2.45) is 0 Å². The van der Waals surface area contributed by atoms with E-state index in [0.717, 1.165) is 25.2 Å². The third-order valence-corrected chi connectivity index (χ3v) is 5.18. The number of nitrogens with one attached hydrogen (secondary N) is 2. The smallest absolute Gasteiger partial charge is 0.339 e. The molecule has 7 heteroatoms. The second-order valence-electron chi connectivity index (χ2n) is 6.85. The quantitative estimate of drug-likeness (QED) is 0.794. The number of methoxy groups -OCH3 is 1. The van der Waals surface area contributed by atoms with Crippen LogP contribution in [0, 0.1) is 0 Å². The Kier molecular flexibility index (Phi) is 4.83. The van der Waals surface area contributed by atoms with Crippen LogP contribution in [-0.2, 0) is 4.74 Å². The van der Waals surface area contributed by atoms with E-state index in [2.05, 4.69) is 15.5 Å². The Morgan fingerprint density at radius 1 is 1.21 bits per heavy atom. The first kappa shape index (κ1) is 18.2. The number of Topliss-reactive ketones (excluding diaryl/α,β-unsaturated/α-hetero) is 1. The van der Waals surface area contributed by atoms with Gasteiger partial charge in [-0.3, -0.25) is 9.59 Å². The van der Waals surface area contributed by atoms with Gasteiger partial charge in [0.15, 0.2) is 5.78 Å². The van der Waals surface area contributed by atoms with Crippen molar-refractivity contribution in [2.75, 3.05) is 37.0 Å². The third-order valence-electron chi connectivity index (χ3n) is 5.18. The van der Waals surface area contributed by atoms with Crippen LogP contribution in [0.5, 0.6) is 0 Å². The zero-order valence-corrected chi connectivity index (χ0v) is 15.5. The average Bonchev–Trinajstić information content (AvgIpc) is 2.88. The summed E-state index contributed by atoms with van der Waals surface area (Å²) in [6.45, 7) is 2.26. The molecule has 2 aromatic carbocycles. The molecule has 0 spiro atoms. The van der Waals surface area contributed by atoms with Gasteiger partial charge in [0.1, 0.15) is 6.04 Å². The summed E-state index contributed by atoms with van der Waals surface area (Å²) in [4.78, 5) is 39.5. The lowest BCUT2D eigenvalue weighted by Crippen LogP contribution is -2.40. The van der Waals surface area contributed by atoms with Crippen molar-refractivity contribution in [2.45, 2.75) is 12.5 Å². The summed E-state index contributed by atoms with van der Waals surface area (Å²) in [5, 5.41) is 6.06. The molecule has 1 unspecified atom stereocenters. The number of carbonyl (C=O) groups excluding carboxylic acids is 3. The fourth-order valence-electron chi connectivity index (χ4n) is 3.77. The van der Waals surface area contributed by atoms with Crippen molar-refractivity contribution in [1.82, 2.24) is 5.32 Å². The summed E-state index contributed by atoms with van der Waals surface area (Å²) in [6, 6.07) is 11.6. The molecule has 1 fully saturated rings. The molecule has 2 heterocycles. The second kappa shape index (κ2) is 7.44. The van der Waals surface area contributed by atoms with Gasteiger partial charge in [0, 0.05) is 29.9 Å². The highest BCUT2D eigenvalue weighted by molar-refractivity contribution is 6.14. The molecule has 0 aliphatic carbocycles. The van der Waals surface area contributed by atoms with Crippen LogP contribution in [0.3, 0.4) is 0 Å². The Labute approximate surface area is 162 Å². The lowest BCUT2D eigenvalue weighted by Gasteiger charge is -2.23. The van der Waals surface area contributed by atoms with E-state index < -0.39 is 5.97 Å². The van der Waals surface area contributed by atoms with Crippen LogP contribution < -0.4 is 15.5 Å². The maximum Gasteiger partial charge on any atom is 0.339 e. The topological polar surface area (TPSA) is 87.7 Å². The Morgan fingerprint density at radius 2 is 2.04 bits per heavy atom. The number of esters is 1. The van der Waals surface area contributed by atoms with Gasteiger partial charge in [-0.2, -0.15) is 0 Å². The maximum atomic E-state index is 12.8. The number of anilines is 2. The molecule has 1 atom stereocenters. The van der Waals surface area contributed by atoms with E-state index in [1.807, 2.05) is 0 Å². The molecule has 0 saturated carbocycles. The Balaban J connectivity index is 1.62. The summed E-state index contributed by atoms with van der Waals surface area (Å²) in [7, 11) is 1.30. The van der Waals surface area contributed by atoms with Gasteiger partial charge in [-0.15, -0.1) is 0 Å². The summed E-state index contributed by atoms with van der Waals surface area (Å²) in [5.74, 6) is -0.772. The standard InChI is InChI=1S/C21H21N3O4/c1-28-21(27)14-5-2-3-6-16(14)23-20(26)13-7-8-15-17(11-13)24-10-4-9-22-12-18(24)19(15)25/h2-3,5-8,11,18,22H,4,9-10,12H2,1H3,(H,23,26). The normalized spacial score (nSPS) is 18.1. The molecule has 0 bridgehead atoms. The number of benzene rings is 2. The van der Waals surface area contributed by atoms with Crippen LogP contribution >= 0.6 is 0 Å². The summed E-state index contributed by atoms with van der Waals surface area (Å²) in [5.41, 5.74) is 2.55. The van der Waals surface area contributed by atoms with Crippen LogP contribution in [0.15, 0.2) is 42.5 Å². The van der Waals surface area contributed by atoms with Crippen molar-refractivity contribution < 1.29 is 19.1 Å². The molecule has 2 aliphatic heterocycles. The molecule has 0 aromatic heterocycles. The Hall–Kier alpha value is -3.19. The lowest BCUT2D eigenvalue weighted by atomic mass is 10.1. The number of ether oxygens (including phenoxy) is 1. The summed E-state index contributed by atoms with van der Waals surface area (Å²) >= 11 is 0. The van der Waals surface area contributed by atoms with E-state index in [1.54, 1.807) is 42.5 Å². The van der Waals surface area contributed by atoms with Gasteiger partial charge in [0.2, 0.25) is 0 Å².